The van der Waals surface area contributed by atoms with Crippen molar-refractivity contribution in [2.45, 2.75) is 39.3 Å². The van der Waals surface area contributed by atoms with Gasteiger partial charge in [0.05, 0.1) is 6.04 Å². The summed E-state index contributed by atoms with van der Waals surface area (Å²) >= 11 is 0. The molecule has 2 N–H and O–H groups in total. The van der Waals surface area contributed by atoms with Crippen molar-refractivity contribution < 1.29 is 4.79 Å². The zero-order chi connectivity index (χ0) is 18.1. The molecule has 134 valence electrons. The number of aromatic amines is 1. The average molecular weight is 349 g/mol. The van der Waals surface area contributed by atoms with Crippen LogP contribution in [-0.2, 0) is 13.0 Å². The maximum Gasteiger partial charge on any atom is 0.268 e. The first-order valence-corrected chi connectivity index (χ1v) is 9.11. The van der Waals surface area contributed by atoms with E-state index in [1.165, 1.54) is 0 Å². The summed E-state index contributed by atoms with van der Waals surface area (Å²) in [5.74, 6) is 1.97. The molecule has 1 aliphatic heterocycles. The number of rotatable bonds is 5. The highest BCUT2D eigenvalue weighted by atomic mass is 16.2. The molecule has 3 aromatic rings. The van der Waals surface area contributed by atoms with Gasteiger partial charge in [-0.05, 0) is 30.0 Å². The highest BCUT2D eigenvalue weighted by Gasteiger charge is 2.28. The number of hydrogen-bond donors (Lipinski definition) is 2. The first-order valence-electron chi connectivity index (χ1n) is 9.11. The van der Waals surface area contributed by atoms with Crippen LogP contribution in [0.4, 0.5) is 0 Å². The van der Waals surface area contributed by atoms with Gasteiger partial charge in [0.2, 0.25) is 0 Å². The number of carbonyl (C=O) groups is 1. The molecule has 0 spiro atoms. The van der Waals surface area contributed by atoms with E-state index in [2.05, 4.69) is 38.9 Å². The second kappa shape index (κ2) is 6.78. The van der Waals surface area contributed by atoms with Gasteiger partial charge < -0.3 is 14.9 Å². The Morgan fingerprint density at radius 1 is 1.15 bits per heavy atom. The van der Waals surface area contributed by atoms with Crippen LogP contribution in [0.3, 0.4) is 0 Å². The molecule has 0 fully saturated rings. The van der Waals surface area contributed by atoms with E-state index < -0.39 is 0 Å². The lowest BCUT2D eigenvalue weighted by Gasteiger charge is -2.21. The predicted molar refractivity (Wildman–Crippen MR) is 99.6 cm³/mol. The molecule has 26 heavy (non-hydrogen) atoms. The third-order valence-electron chi connectivity index (χ3n) is 4.88. The van der Waals surface area contributed by atoms with Gasteiger partial charge in [-0.1, -0.05) is 44.2 Å². The Balaban J connectivity index is 1.55. The van der Waals surface area contributed by atoms with Crippen molar-refractivity contribution in [3.05, 3.63) is 59.8 Å². The Labute approximate surface area is 152 Å². The molecule has 4 rings (SSSR count). The number of nitrogens with one attached hydrogen (secondary N) is 2. The van der Waals surface area contributed by atoms with Crippen LogP contribution in [0.25, 0.3) is 11.3 Å². The Morgan fingerprint density at radius 2 is 1.96 bits per heavy atom. The SMILES string of the molecule is CC(C)[C@H](NC(=O)c1ccc(-c2ccccc2)[nH]1)c1nnc2n1CCC2. The molecule has 6 nitrogen and oxygen atoms in total. The van der Waals surface area contributed by atoms with Gasteiger partial charge in [0.1, 0.15) is 11.5 Å². The zero-order valence-corrected chi connectivity index (χ0v) is 15.1. The van der Waals surface area contributed by atoms with E-state index in [-0.39, 0.29) is 17.9 Å². The molecular weight excluding hydrogens is 326 g/mol. The number of aromatic nitrogens is 4. The molecule has 0 saturated heterocycles. The van der Waals surface area contributed by atoms with Crippen LogP contribution in [0.1, 0.15) is 48.4 Å². The molecule has 1 atom stereocenters. The van der Waals surface area contributed by atoms with Crippen molar-refractivity contribution in [1.29, 1.82) is 0 Å². The molecule has 3 heterocycles. The van der Waals surface area contributed by atoms with Gasteiger partial charge in [0.25, 0.3) is 5.91 Å². The number of amides is 1. The number of carbonyl (C=O) groups excluding carboxylic acids is 1. The van der Waals surface area contributed by atoms with Gasteiger partial charge >= 0.3 is 0 Å². The Hall–Kier alpha value is -2.89. The van der Waals surface area contributed by atoms with E-state index in [9.17, 15) is 4.79 Å². The summed E-state index contributed by atoms with van der Waals surface area (Å²) in [6.45, 7) is 5.11. The maximum absolute atomic E-state index is 12.8. The molecule has 2 aromatic heterocycles. The van der Waals surface area contributed by atoms with Crippen molar-refractivity contribution in [2.75, 3.05) is 0 Å². The largest absolute Gasteiger partial charge is 0.351 e. The molecule has 1 aromatic carbocycles. The van der Waals surface area contributed by atoms with Crippen LogP contribution < -0.4 is 5.32 Å². The van der Waals surface area contributed by atoms with Gasteiger partial charge in [-0.2, -0.15) is 0 Å². The first-order chi connectivity index (χ1) is 12.6. The molecular formula is C20H23N5O. The lowest BCUT2D eigenvalue weighted by molar-refractivity contribution is 0.0917. The third-order valence-corrected chi connectivity index (χ3v) is 4.88. The predicted octanol–water partition coefficient (Wildman–Crippen LogP) is 3.35. The van der Waals surface area contributed by atoms with Crippen LogP contribution in [0.2, 0.25) is 0 Å². The molecule has 0 bridgehead atoms. The zero-order valence-electron chi connectivity index (χ0n) is 15.1. The quantitative estimate of drug-likeness (QED) is 0.742. The summed E-state index contributed by atoms with van der Waals surface area (Å²) in [5, 5.41) is 11.8. The fourth-order valence-electron chi connectivity index (χ4n) is 3.47. The Morgan fingerprint density at radius 3 is 2.73 bits per heavy atom. The van der Waals surface area contributed by atoms with Crippen molar-refractivity contribution in [1.82, 2.24) is 25.1 Å². The lowest BCUT2D eigenvalue weighted by Crippen LogP contribution is -2.34. The molecule has 0 aliphatic carbocycles. The topological polar surface area (TPSA) is 75.6 Å². The normalized spacial score (nSPS) is 14.4. The second-order valence-electron chi connectivity index (χ2n) is 7.08. The number of H-pyrrole nitrogens is 1. The van der Waals surface area contributed by atoms with Crippen LogP contribution in [0, 0.1) is 5.92 Å². The minimum Gasteiger partial charge on any atom is -0.351 e. The van der Waals surface area contributed by atoms with Crippen molar-refractivity contribution in [2.24, 2.45) is 5.92 Å². The summed E-state index contributed by atoms with van der Waals surface area (Å²) in [7, 11) is 0. The highest BCUT2D eigenvalue weighted by molar-refractivity contribution is 5.93. The molecule has 1 amide bonds. The summed E-state index contributed by atoms with van der Waals surface area (Å²) in [6.07, 6.45) is 2.05. The van der Waals surface area contributed by atoms with Gasteiger partial charge in [0.15, 0.2) is 5.82 Å². The van der Waals surface area contributed by atoms with Gasteiger partial charge in [-0.25, -0.2) is 0 Å². The van der Waals surface area contributed by atoms with E-state index in [1.807, 2.05) is 42.5 Å². The molecule has 1 aliphatic rings. The average Bonchev–Trinajstić information content (AvgIpc) is 3.37. The summed E-state index contributed by atoms with van der Waals surface area (Å²) in [4.78, 5) is 16.0. The number of hydrogen-bond acceptors (Lipinski definition) is 3. The van der Waals surface area contributed by atoms with Crippen molar-refractivity contribution in [3.63, 3.8) is 0 Å². The van der Waals surface area contributed by atoms with Crippen LogP contribution in [0.15, 0.2) is 42.5 Å². The van der Waals surface area contributed by atoms with Crippen LogP contribution in [-0.4, -0.2) is 25.7 Å². The second-order valence-corrected chi connectivity index (χ2v) is 7.08. The first kappa shape index (κ1) is 16.6. The number of aryl methyl sites for hydroxylation is 1. The number of fused-ring (bicyclic) bond motifs is 1. The molecule has 0 unspecified atom stereocenters. The van der Waals surface area contributed by atoms with Gasteiger partial charge in [-0.15, -0.1) is 10.2 Å². The van der Waals surface area contributed by atoms with Crippen LogP contribution in [0.5, 0.6) is 0 Å². The summed E-state index contributed by atoms with van der Waals surface area (Å²) < 4.78 is 2.15. The van der Waals surface area contributed by atoms with E-state index in [4.69, 9.17) is 0 Å². The lowest BCUT2D eigenvalue weighted by atomic mass is 10.0. The van der Waals surface area contributed by atoms with Crippen molar-refractivity contribution in [3.8, 4) is 11.3 Å². The van der Waals surface area contributed by atoms with Crippen LogP contribution >= 0.6 is 0 Å². The van der Waals surface area contributed by atoms with Crippen molar-refractivity contribution >= 4 is 5.91 Å². The van der Waals surface area contributed by atoms with E-state index >= 15 is 0 Å². The Kier molecular flexibility index (Phi) is 4.32. The fourth-order valence-corrected chi connectivity index (χ4v) is 3.47. The maximum atomic E-state index is 12.8. The molecule has 0 radical (unpaired) electrons. The third kappa shape index (κ3) is 3.03. The standard InChI is InChI=1S/C20H23N5O/c1-13(2)18(19-24-23-17-9-6-12-25(17)19)22-20(26)16-11-10-15(21-16)14-7-4-3-5-8-14/h3-5,7-8,10-11,13,18,21H,6,9,12H2,1-2H3,(H,22,26)/t18-/m0/s1. The van der Waals surface area contributed by atoms with Gasteiger partial charge in [-0.3, -0.25) is 4.79 Å². The van der Waals surface area contributed by atoms with E-state index in [1.54, 1.807) is 0 Å². The molecule has 0 saturated carbocycles. The van der Waals surface area contributed by atoms with Gasteiger partial charge in [0, 0.05) is 18.7 Å². The highest BCUT2D eigenvalue weighted by Crippen LogP contribution is 2.25. The van der Waals surface area contributed by atoms with E-state index in [0.29, 0.717) is 5.69 Å². The fraction of sp³-hybridized carbons (Fsp3) is 0.350. The minimum absolute atomic E-state index is 0.124. The smallest absolute Gasteiger partial charge is 0.268 e. The number of nitrogens with zero attached hydrogens (tertiary/aromatic N) is 3. The Bertz CT molecular complexity index is 909. The minimum atomic E-state index is -0.162. The van der Waals surface area contributed by atoms with E-state index in [0.717, 1.165) is 42.3 Å². The molecule has 6 heteroatoms. The number of benzene rings is 1. The monoisotopic (exact) mass is 349 g/mol. The summed E-state index contributed by atoms with van der Waals surface area (Å²) in [6, 6.07) is 13.6. The summed E-state index contributed by atoms with van der Waals surface area (Å²) in [5.41, 5.74) is 2.54.